The van der Waals surface area contributed by atoms with Gasteiger partial charge in [0.25, 0.3) is 0 Å². The van der Waals surface area contributed by atoms with E-state index in [1.807, 2.05) is 59.3 Å². The maximum Gasteiger partial charge on any atom is 0.248 e. The third-order valence-electron chi connectivity index (χ3n) is 6.57. The second kappa shape index (κ2) is 14.0. The Kier molecular flexibility index (Phi) is 10.2. The molecule has 2 heterocycles. The van der Waals surface area contributed by atoms with Gasteiger partial charge in [-0.2, -0.15) is 0 Å². The Hall–Kier alpha value is -3.60. The number of aromatic nitrogens is 2. The summed E-state index contributed by atoms with van der Waals surface area (Å²) >= 11 is 0. The number of methoxy groups -OCH3 is 2. The fourth-order valence-corrected chi connectivity index (χ4v) is 4.67. The maximum atomic E-state index is 12.7. The molecule has 0 radical (unpaired) electrons. The van der Waals surface area contributed by atoms with Gasteiger partial charge in [-0.1, -0.05) is 24.3 Å². The zero-order chi connectivity index (χ0) is 27.5. The Morgan fingerprint density at radius 2 is 1.90 bits per heavy atom. The lowest BCUT2D eigenvalue weighted by atomic mass is 10.0. The topological polar surface area (TPSA) is 98.5 Å². The quantitative estimate of drug-likeness (QED) is 0.332. The zero-order valence-electron chi connectivity index (χ0n) is 22.7. The Morgan fingerprint density at radius 3 is 2.64 bits per heavy atom. The molecule has 0 unspecified atom stereocenters. The van der Waals surface area contributed by atoms with Crippen molar-refractivity contribution in [1.82, 2.24) is 19.4 Å². The highest BCUT2D eigenvalue weighted by atomic mass is 16.5. The van der Waals surface area contributed by atoms with E-state index < -0.39 is 5.60 Å². The van der Waals surface area contributed by atoms with Crippen molar-refractivity contribution >= 4 is 5.91 Å². The summed E-state index contributed by atoms with van der Waals surface area (Å²) in [5.74, 6) is 1.85. The van der Waals surface area contributed by atoms with Gasteiger partial charge in [0.1, 0.15) is 24.6 Å². The van der Waals surface area contributed by atoms with Crippen LogP contribution in [0.3, 0.4) is 0 Å². The molecule has 210 valence electrons. The molecule has 1 amide bonds. The molecule has 4 rings (SSSR count). The highest BCUT2D eigenvalue weighted by Crippen LogP contribution is 2.29. The summed E-state index contributed by atoms with van der Waals surface area (Å²) in [6, 6.07) is 15.3. The molecule has 1 fully saturated rings. The summed E-state index contributed by atoms with van der Waals surface area (Å²) < 4.78 is 24.6. The average molecular weight is 539 g/mol. The lowest BCUT2D eigenvalue weighted by Gasteiger charge is -2.33. The van der Waals surface area contributed by atoms with Gasteiger partial charge in [-0.3, -0.25) is 9.69 Å². The molecule has 1 aliphatic rings. The van der Waals surface area contributed by atoms with Crippen LogP contribution in [0.2, 0.25) is 0 Å². The van der Waals surface area contributed by atoms with Crippen LogP contribution in [0.25, 0.3) is 0 Å². The Balaban J connectivity index is 1.40. The largest absolute Gasteiger partial charge is 0.493 e. The first-order valence-electron chi connectivity index (χ1n) is 13.1. The van der Waals surface area contributed by atoms with Gasteiger partial charge >= 0.3 is 0 Å². The highest BCUT2D eigenvalue weighted by molar-refractivity contribution is 5.77. The van der Waals surface area contributed by atoms with Crippen molar-refractivity contribution in [2.24, 2.45) is 0 Å². The van der Waals surface area contributed by atoms with E-state index in [0.29, 0.717) is 50.0 Å². The minimum Gasteiger partial charge on any atom is -0.493 e. The van der Waals surface area contributed by atoms with Crippen LogP contribution >= 0.6 is 0 Å². The maximum absolute atomic E-state index is 12.7. The van der Waals surface area contributed by atoms with Gasteiger partial charge < -0.3 is 33.5 Å². The summed E-state index contributed by atoms with van der Waals surface area (Å²) in [6.07, 6.45) is 6.33. The standard InChI is InChI=1S/C29H38N4O6/c1-36-19-28(34)33-15-14-32(20-29(35,21-33)22-39-25-7-4-3-5-8-25)18-24-9-10-26(27(17-24)37-2)38-16-6-12-31-13-11-30-23-31/h3-5,7-11,13,17,23,35H,6,12,14-16,18-22H2,1-2H3/t29-/m0/s1. The van der Waals surface area contributed by atoms with Crippen LogP contribution in [0.15, 0.2) is 67.3 Å². The molecule has 0 aliphatic carbocycles. The van der Waals surface area contributed by atoms with E-state index in [1.165, 1.54) is 7.11 Å². The summed E-state index contributed by atoms with van der Waals surface area (Å²) in [4.78, 5) is 20.5. The number of carbonyl (C=O) groups excluding carboxylic acids is 1. The van der Waals surface area contributed by atoms with E-state index in [-0.39, 0.29) is 25.7 Å². The molecule has 1 atom stereocenters. The Morgan fingerprint density at radius 1 is 1.05 bits per heavy atom. The SMILES string of the molecule is COCC(=O)N1CCN(Cc2ccc(OCCCn3ccnc3)c(OC)c2)C[C@@](O)(COc2ccccc2)C1. The average Bonchev–Trinajstić information content (AvgIpc) is 3.41. The van der Waals surface area contributed by atoms with Gasteiger partial charge in [0.2, 0.25) is 5.91 Å². The van der Waals surface area contributed by atoms with Gasteiger partial charge in [0.15, 0.2) is 11.5 Å². The minimum atomic E-state index is -1.27. The highest BCUT2D eigenvalue weighted by Gasteiger charge is 2.37. The molecule has 3 aromatic rings. The second-order valence-electron chi connectivity index (χ2n) is 9.77. The van der Waals surface area contributed by atoms with Gasteiger partial charge in [-0.25, -0.2) is 4.98 Å². The first-order chi connectivity index (χ1) is 19.0. The third-order valence-corrected chi connectivity index (χ3v) is 6.57. The van der Waals surface area contributed by atoms with Crippen molar-refractivity contribution in [3.63, 3.8) is 0 Å². The molecule has 1 N–H and O–H groups in total. The number of nitrogens with zero attached hydrogens (tertiary/aromatic N) is 4. The van der Waals surface area contributed by atoms with Crippen LogP contribution in [0.4, 0.5) is 0 Å². The molecule has 1 saturated heterocycles. The van der Waals surface area contributed by atoms with E-state index in [0.717, 1.165) is 18.5 Å². The monoisotopic (exact) mass is 538 g/mol. The van der Waals surface area contributed by atoms with Crippen molar-refractivity contribution in [2.75, 3.05) is 60.2 Å². The lowest BCUT2D eigenvalue weighted by Crippen LogP contribution is -2.52. The summed E-state index contributed by atoms with van der Waals surface area (Å²) in [5.41, 5.74) is -0.251. The Labute approximate surface area is 229 Å². The number of benzene rings is 2. The van der Waals surface area contributed by atoms with E-state index >= 15 is 0 Å². The lowest BCUT2D eigenvalue weighted by molar-refractivity contribution is -0.138. The predicted octanol–water partition coefficient (Wildman–Crippen LogP) is 2.46. The van der Waals surface area contributed by atoms with Crippen LogP contribution in [0, 0.1) is 0 Å². The molecule has 1 aromatic heterocycles. The number of imidazole rings is 1. The van der Waals surface area contributed by atoms with Crippen molar-refractivity contribution in [1.29, 1.82) is 0 Å². The molecular formula is C29H38N4O6. The van der Waals surface area contributed by atoms with Crippen LogP contribution < -0.4 is 14.2 Å². The number of aliphatic hydroxyl groups is 1. The number of rotatable bonds is 13. The fourth-order valence-electron chi connectivity index (χ4n) is 4.67. The van der Waals surface area contributed by atoms with Gasteiger partial charge in [-0.15, -0.1) is 0 Å². The number of hydrogen-bond acceptors (Lipinski definition) is 8. The molecule has 0 bridgehead atoms. The molecular weight excluding hydrogens is 500 g/mol. The van der Waals surface area contributed by atoms with Crippen molar-refractivity contribution in [2.45, 2.75) is 25.1 Å². The van der Waals surface area contributed by atoms with Gasteiger partial charge in [-0.05, 0) is 36.2 Å². The molecule has 10 heteroatoms. The van der Waals surface area contributed by atoms with E-state index in [4.69, 9.17) is 18.9 Å². The minimum absolute atomic E-state index is 0.0311. The first-order valence-corrected chi connectivity index (χ1v) is 13.1. The Bertz CT molecular complexity index is 1160. The fraction of sp³-hybridized carbons (Fsp3) is 0.448. The van der Waals surface area contributed by atoms with E-state index in [9.17, 15) is 9.90 Å². The number of hydrogen-bond donors (Lipinski definition) is 1. The molecule has 0 spiro atoms. The number of amides is 1. The van der Waals surface area contributed by atoms with Crippen molar-refractivity contribution in [3.05, 3.63) is 72.8 Å². The number of ether oxygens (including phenoxy) is 4. The molecule has 0 saturated carbocycles. The normalized spacial score (nSPS) is 18.0. The van der Waals surface area contributed by atoms with Crippen molar-refractivity contribution in [3.8, 4) is 17.2 Å². The predicted molar refractivity (Wildman–Crippen MR) is 146 cm³/mol. The number of carbonyl (C=O) groups is 1. The van der Waals surface area contributed by atoms with Gasteiger partial charge in [0.05, 0.1) is 26.6 Å². The molecule has 10 nitrogen and oxygen atoms in total. The molecule has 1 aliphatic heterocycles. The summed E-state index contributed by atoms with van der Waals surface area (Å²) in [5, 5.41) is 11.6. The molecule has 2 aromatic carbocycles. The summed E-state index contributed by atoms with van der Waals surface area (Å²) in [7, 11) is 3.12. The second-order valence-corrected chi connectivity index (χ2v) is 9.77. The van der Waals surface area contributed by atoms with Crippen LogP contribution in [0.1, 0.15) is 12.0 Å². The van der Waals surface area contributed by atoms with Gasteiger partial charge in [0, 0.05) is 52.2 Å². The molecule has 39 heavy (non-hydrogen) atoms. The smallest absolute Gasteiger partial charge is 0.248 e. The van der Waals surface area contributed by atoms with Crippen LogP contribution in [-0.2, 0) is 22.6 Å². The zero-order valence-corrected chi connectivity index (χ0v) is 22.7. The first kappa shape index (κ1) is 28.4. The van der Waals surface area contributed by atoms with E-state index in [2.05, 4.69) is 9.88 Å². The third kappa shape index (κ3) is 8.44. The number of aryl methyl sites for hydroxylation is 1. The number of β-amino-alcohol motifs (C(OH)–C–C–N with tert-alkyl or cyclic N) is 1. The van der Waals surface area contributed by atoms with Crippen molar-refractivity contribution < 1.29 is 28.8 Å². The van der Waals surface area contributed by atoms with E-state index in [1.54, 1.807) is 24.5 Å². The number of para-hydroxylation sites is 1. The van der Waals surface area contributed by atoms with Crippen LogP contribution in [-0.4, -0.2) is 96.2 Å². The summed E-state index contributed by atoms with van der Waals surface area (Å²) in [6.45, 7) is 3.55. The van der Waals surface area contributed by atoms with Crippen LogP contribution in [0.5, 0.6) is 17.2 Å².